The topological polar surface area (TPSA) is 107 Å². The van der Waals surface area contributed by atoms with Crippen LogP contribution in [0.15, 0.2) is 47.8 Å². The van der Waals surface area contributed by atoms with Gasteiger partial charge in [0.15, 0.2) is 5.13 Å². The lowest BCUT2D eigenvalue weighted by Gasteiger charge is -2.34. The van der Waals surface area contributed by atoms with Gasteiger partial charge in [-0.15, -0.1) is 11.3 Å². The normalized spacial score (nSPS) is 15.6. The van der Waals surface area contributed by atoms with E-state index < -0.39 is 11.9 Å². The molecule has 3 aromatic rings. The SMILES string of the molecule is COc1ccc(-c2csc(NC(=O)CN3Cc4ccccc4C[C@H]3C(N)=O)n2)c(OC)c1. The second-order valence-electron chi connectivity index (χ2n) is 7.45. The third-order valence-electron chi connectivity index (χ3n) is 5.46. The van der Waals surface area contributed by atoms with Gasteiger partial charge in [-0.3, -0.25) is 14.5 Å². The van der Waals surface area contributed by atoms with Crippen LogP contribution in [0.2, 0.25) is 0 Å². The third-order valence-corrected chi connectivity index (χ3v) is 6.21. The van der Waals surface area contributed by atoms with Gasteiger partial charge in [-0.25, -0.2) is 4.98 Å². The van der Waals surface area contributed by atoms with E-state index in [1.807, 2.05) is 41.8 Å². The summed E-state index contributed by atoms with van der Waals surface area (Å²) >= 11 is 1.32. The van der Waals surface area contributed by atoms with Crippen molar-refractivity contribution in [1.29, 1.82) is 0 Å². The Morgan fingerprint density at radius 2 is 1.97 bits per heavy atom. The highest BCUT2D eigenvalue weighted by molar-refractivity contribution is 7.14. The maximum Gasteiger partial charge on any atom is 0.240 e. The van der Waals surface area contributed by atoms with Gasteiger partial charge in [0, 0.05) is 23.6 Å². The average Bonchev–Trinajstić information content (AvgIpc) is 3.25. The lowest BCUT2D eigenvalue weighted by atomic mass is 9.93. The van der Waals surface area contributed by atoms with Crippen molar-refractivity contribution in [2.45, 2.75) is 19.0 Å². The zero-order valence-corrected chi connectivity index (χ0v) is 18.6. The summed E-state index contributed by atoms with van der Waals surface area (Å²) < 4.78 is 10.7. The summed E-state index contributed by atoms with van der Waals surface area (Å²) in [5.74, 6) is 0.624. The number of thiazole rings is 1. The summed E-state index contributed by atoms with van der Waals surface area (Å²) in [7, 11) is 3.17. The molecule has 2 heterocycles. The first-order valence-electron chi connectivity index (χ1n) is 10.1. The Labute approximate surface area is 190 Å². The molecule has 1 atom stereocenters. The summed E-state index contributed by atoms with van der Waals surface area (Å²) in [6.45, 7) is 0.534. The van der Waals surface area contributed by atoms with Gasteiger partial charge in [-0.1, -0.05) is 24.3 Å². The van der Waals surface area contributed by atoms with Crippen LogP contribution in [0.1, 0.15) is 11.1 Å². The number of aromatic nitrogens is 1. The molecule has 3 N–H and O–H groups in total. The van der Waals surface area contributed by atoms with Gasteiger partial charge in [0.1, 0.15) is 11.5 Å². The number of carbonyl (C=O) groups is 2. The van der Waals surface area contributed by atoms with E-state index in [0.717, 1.165) is 16.7 Å². The summed E-state index contributed by atoms with van der Waals surface area (Å²) in [6, 6.07) is 12.8. The number of nitrogens with zero attached hydrogens (tertiary/aromatic N) is 2. The highest BCUT2D eigenvalue weighted by Crippen LogP contribution is 2.35. The molecule has 0 aliphatic carbocycles. The predicted molar refractivity (Wildman–Crippen MR) is 123 cm³/mol. The molecule has 0 radical (unpaired) electrons. The molecule has 0 spiro atoms. The second kappa shape index (κ2) is 9.37. The highest BCUT2D eigenvalue weighted by Gasteiger charge is 2.31. The van der Waals surface area contributed by atoms with Crippen LogP contribution in [-0.4, -0.2) is 48.5 Å². The van der Waals surface area contributed by atoms with E-state index in [1.165, 1.54) is 11.3 Å². The van der Waals surface area contributed by atoms with Gasteiger partial charge in [0.2, 0.25) is 11.8 Å². The minimum atomic E-state index is -0.522. The van der Waals surface area contributed by atoms with Gasteiger partial charge in [-0.2, -0.15) is 0 Å². The number of methoxy groups -OCH3 is 2. The molecule has 2 aromatic carbocycles. The van der Waals surface area contributed by atoms with E-state index in [1.54, 1.807) is 25.2 Å². The number of rotatable bonds is 7. The molecule has 0 unspecified atom stereocenters. The number of primary amides is 1. The molecule has 2 amide bonds. The Morgan fingerprint density at radius 3 is 2.69 bits per heavy atom. The number of fused-ring (bicyclic) bond motifs is 1. The molecule has 1 aliphatic rings. The standard InChI is InChI=1S/C23H24N4O4S/c1-30-16-7-8-17(20(10-16)31-2)18-13-32-23(25-18)26-21(28)12-27-11-15-6-4-3-5-14(15)9-19(27)22(24)29/h3-8,10,13,19H,9,11-12H2,1-2H3,(H2,24,29)(H,25,26,28)/t19-/m0/s1. The number of carbonyl (C=O) groups excluding carboxylic acids is 2. The monoisotopic (exact) mass is 452 g/mol. The second-order valence-corrected chi connectivity index (χ2v) is 8.31. The Kier molecular flexibility index (Phi) is 6.38. The van der Waals surface area contributed by atoms with Crippen LogP contribution in [0.25, 0.3) is 11.3 Å². The Morgan fingerprint density at radius 1 is 1.19 bits per heavy atom. The summed E-state index contributed by atoms with van der Waals surface area (Å²) in [5, 5.41) is 5.15. The van der Waals surface area contributed by atoms with E-state index in [9.17, 15) is 9.59 Å². The summed E-state index contributed by atoms with van der Waals surface area (Å²) in [5.41, 5.74) is 9.29. The molecule has 0 bridgehead atoms. The molecule has 4 rings (SSSR count). The lowest BCUT2D eigenvalue weighted by molar-refractivity contribution is -0.125. The van der Waals surface area contributed by atoms with Crippen molar-refractivity contribution in [3.8, 4) is 22.8 Å². The number of nitrogens with one attached hydrogen (secondary N) is 1. The number of anilines is 1. The number of hydrogen-bond donors (Lipinski definition) is 2. The lowest BCUT2D eigenvalue weighted by Crippen LogP contribution is -2.50. The molecule has 0 fully saturated rings. The van der Waals surface area contributed by atoms with Crippen LogP contribution in [0, 0.1) is 0 Å². The van der Waals surface area contributed by atoms with Crippen LogP contribution < -0.4 is 20.5 Å². The zero-order valence-electron chi connectivity index (χ0n) is 17.8. The quantitative estimate of drug-likeness (QED) is 0.571. The van der Waals surface area contributed by atoms with Crippen LogP contribution in [0.5, 0.6) is 11.5 Å². The smallest absolute Gasteiger partial charge is 0.240 e. The predicted octanol–water partition coefficient (Wildman–Crippen LogP) is 2.68. The van der Waals surface area contributed by atoms with E-state index in [-0.39, 0.29) is 12.5 Å². The van der Waals surface area contributed by atoms with E-state index in [0.29, 0.717) is 35.3 Å². The van der Waals surface area contributed by atoms with Gasteiger partial charge >= 0.3 is 0 Å². The molecule has 0 saturated heterocycles. The molecular formula is C23H24N4O4S. The van der Waals surface area contributed by atoms with Crippen LogP contribution in [0.3, 0.4) is 0 Å². The maximum atomic E-state index is 12.7. The molecule has 1 aromatic heterocycles. The number of ether oxygens (including phenoxy) is 2. The molecule has 9 heteroatoms. The fraction of sp³-hybridized carbons (Fsp3) is 0.261. The largest absolute Gasteiger partial charge is 0.497 e. The van der Waals surface area contributed by atoms with Crippen molar-refractivity contribution in [2.24, 2.45) is 5.73 Å². The molecule has 1 aliphatic heterocycles. The zero-order chi connectivity index (χ0) is 22.7. The van der Waals surface area contributed by atoms with Crippen LogP contribution >= 0.6 is 11.3 Å². The number of nitrogens with two attached hydrogens (primary N) is 1. The van der Waals surface area contributed by atoms with Crippen molar-refractivity contribution in [3.05, 3.63) is 59.0 Å². The molecule has 0 saturated carbocycles. The average molecular weight is 453 g/mol. The van der Waals surface area contributed by atoms with E-state index in [4.69, 9.17) is 15.2 Å². The molecule has 32 heavy (non-hydrogen) atoms. The van der Waals surface area contributed by atoms with E-state index >= 15 is 0 Å². The first kappa shape index (κ1) is 21.8. The molecular weight excluding hydrogens is 428 g/mol. The van der Waals surface area contributed by atoms with Gasteiger partial charge in [0.05, 0.1) is 32.5 Å². The van der Waals surface area contributed by atoms with Gasteiger partial charge in [0.25, 0.3) is 0 Å². The first-order valence-corrected chi connectivity index (χ1v) is 10.9. The Bertz CT molecular complexity index is 1150. The summed E-state index contributed by atoms with van der Waals surface area (Å²) in [4.78, 5) is 31.1. The van der Waals surface area contributed by atoms with Crippen molar-refractivity contribution in [3.63, 3.8) is 0 Å². The summed E-state index contributed by atoms with van der Waals surface area (Å²) in [6.07, 6.45) is 0.497. The van der Waals surface area contributed by atoms with Crippen LogP contribution in [0.4, 0.5) is 5.13 Å². The van der Waals surface area contributed by atoms with Crippen LogP contribution in [-0.2, 0) is 22.6 Å². The fourth-order valence-electron chi connectivity index (χ4n) is 3.83. The number of amides is 2. The number of benzene rings is 2. The van der Waals surface area contributed by atoms with Crippen molar-refractivity contribution in [1.82, 2.24) is 9.88 Å². The van der Waals surface area contributed by atoms with Crippen molar-refractivity contribution in [2.75, 3.05) is 26.1 Å². The van der Waals surface area contributed by atoms with Crippen molar-refractivity contribution >= 4 is 28.3 Å². The third kappa shape index (κ3) is 4.58. The first-order chi connectivity index (χ1) is 15.5. The minimum Gasteiger partial charge on any atom is -0.497 e. The Balaban J connectivity index is 1.46. The molecule has 8 nitrogen and oxygen atoms in total. The number of hydrogen-bond acceptors (Lipinski definition) is 7. The van der Waals surface area contributed by atoms with Gasteiger partial charge < -0.3 is 20.5 Å². The van der Waals surface area contributed by atoms with Crippen molar-refractivity contribution < 1.29 is 19.1 Å². The molecule has 166 valence electrons. The van der Waals surface area contributed by atoms with E-state index in [2.05, 4.69) is 10.3 Å². The van der Waals surface area contributed by atoms with Gasteiger partial charge in [-0.05, 0) is 29.7 Å². The Hall–Kier alpha value is -3.43. The fourth-order valence-corrected chi connectivity index (χ4v) is 4.56. The highest BCUT2D eigenvalue weighted by atomic mass is 32.1. The minimum absolute atomic E-state index is 0.0444. The maximum absolute atomic E-state index is 12.7.